The summed E-state index contributed by atoms with van der Waals surface area (Å²) in [5.74, 6) is -5.16. The van der Waals surface area contributed by atoms with Gasteiger partial charge in [0.1, 0.15) is 11.8 Å². The third kappa shape index (κ3) is 16.4. The highest BCUT2D eigenvalue weighted by atomic mass is 16.4. The Morgan fingerprint density at radius 1 is 0.738 bits per heavy atom. The maximum Gasteiger partial charge on any atom is 0.320 e. The standard InChI is InChI=1S/C24H40N8O10/c25-28-27-14-18(33)2-1-5-26-20(34)4-3-19(24(41)42)32-12-10-30(16-22(37)38)8-6-29(15-21(35)36)7-9-31(11-13-32)17-23(39)40/h19H,1-17H2,(H,26,34)(H,35,36)(H,37,38)(H,39,40)(H,41,42). The van der Waals surface area contributed by atoms with Gasteiger partial charge in [0.05, 0.1) is 26.2 Å². The molecule has 5 N–H and O–H groups in total. The van der Waals surface area contributed by atoms with E-state index in [1.165, 1.54) is 0 Å². The Morgan fingerprint density at radius 3 is 1.60 bits per heavy atom. The molecule has 236 valence electrons. The van der Waals surface area contributed by atoms with Crippen LogP contribution in [-0.2, 0) is 28.8 Å². The Balaban J connectivity index is 2.94. The number of azide groups is 1. The summed E-state index contributed by atoms with van der Waals surface area (Å²) in [5.41, 5.74) is 8.24. The zero-order chi connectivity index (χ0) is 31.5. The number of hydrogen-bond donors (Lipinski definition) is 5. The number of carbonyl (C=O) groups is 6. The predicted molar refractivity (Wildman–Crippen MR) is 146 cm³/mol. The van der Waals surface area contributed by atoms with Crippen LogP contribution in [0.2, 0.25) is 0 Å². The van der Waals surface area contributed by atoms with E-state index in [-0.39, 0.29) is 110 Å². The number of nitrogens with zero attached hydrogens (tertiary/aromatic N) is 7. The van der Waals surface area contributed by atoms with Crippen LogP contribution in [0, 0.1) is 0 Å². The van der Waals surface area contributed by atoms with Crippen molar-refractivity contribution in [1.82, 2.24) is 24.9 Å². The number of rotatable bonds is 17. The third-order valence-corrected chi connectivity index (χ3v) is 6.58. The van der Waals surface area contributed by atoms with Gasteiger partial charge in [-0.2, -0.15) is 0 Å². The first kappa shape index (κ1) is 36.2. The fraction of sp³-hybridized carbons (Fsp3) is 0.750. The summed E-state index contributed by atoms with van der Waals surface area (Å²) < 4.78 is 0. The van der Waals surface area contributed by atoms with Crippen molar-refractivity contribution in [3.05, 3.63) is 10.4 Å². The van der Waals surface area contributed by atoms with Gasteiger partial charge in [-0.15, -0.1) is 0 Å². The minimum atomic E-state index is -1.19. The van der Waals surface area contributed by atoms with Gasteiger partial charge in [-0.3, -0.25) is 48.4 Å². The fourth-order valence-corrected chi connectivity index (χ4v) is 4.43. The van der Waals surface area contributed by atoms with Crippen LogP contribution in [0.5, 0.6) is 0 Å². The van der Waals surface area contributed by atoms with Crippen molar-refractivity contribution in [1.29, 1.82) is 0 Å². The van der Waals surface area contributed by atoms with Crippen LogP contribution in [0.3, 0.4) is 0 Å². The molecular weight excluding hydrogens is 560 g/mol. The van der Waals surface area contributed by atoms with Crippen molar-refractivity contribution >= 4 is 35.6 Å². The lowest BCUT2D eigenvalue weighted by Gasteiger charge is -2.35. The molecule has 1 fully saturated rings. The summed E-state index contributed by atoms with van der Waals surface area (Å²) in [4.78, 5) is 79.2. The summed E-state index contributed by atoms with van der Waals surface area (Å²) in [6.45, 7) is 0.233. The highest BCUT2D eigenvalue weighted by Crippen LogP contribution is 2.11. The van der Waals surface area contributed by atoms with Gasteiger partial charge >= 0.3 is 23.9 Å². The van der Waals surface area contributed by atoms with Gasteiger partial charge in [-0.05, 0) is 18.4 Å². The van der Waals surface area contributed by atoms with Crippen LogP contribution in [0.15, 0.2) is 5.11 Å². The smallest absolute Gasteiger partial charge is 0.320 e. The van der Waals surface area contributed by atoms with Crippen molar-refractivity contribution < 1.29 is 49.2 Å². The van der Waals surface area contributed by atoms with E-state index in [0.717, 1.165) is 0 Å². The molecule has 0 aliphatic carbocycles. The molecule has 0 saturated carbocycles. The monoisotopic (exact) mass is 600 g/mol. The van der Waals surface area contributed by atoms with Crippen molar-refractivity contribution in [2.45, 2.75) is 31.7 Å². The second kappa shape index (κ2) is 20.1. The molecule has 0 spiro atoms. The summed E-state index contributed by atoms with van der Waals surface area (Å²) in [7, 11) is 0. The van der Waals surface area contributed by atoms with Gasteiger partial charge < -0.3 is 25.7 Å². The van der Waals surface area contributed by atoms with Crippen molar-refractivity contribution in [2.24, 2.45) is 5.11 Å². The molecule has 42 heavy (non-hydrogen) atoms. The second-order valence-electron chi connectivity index (χ2n) is 9.82. The Morgan fingerprint density at radius 2 is 1.19 bits per heavy atom. The fourth-order valence-electron chi connectivity index (χ4n) is 4.43. The molecule has 1 aliphatic heterocycles. The number of nitrogens with one attached hydrogen (secondary N) is 1. The summed E-state index contributed by atoms with van der Waals surface area (Å²) in [6.07, 6.45) is 0.227. The van der Waals surface area contributed by atoms with E-state index in [1.54, 1.807) is 19.6 Å². The van der Waals surface area contributed by atoms with E-state index in [1.807, 2.05) is 0 Å². The van der Waals surface area contributed by atoms with Gasteiger partial charge in [0.25, 0.3) is 0 Å². The van der Waals surface area contributed by atoms with Crippen molar-refractivity contribution in [2.75, 3.05) is 85.1 Å². The third-order valence-electron chi connectivity index (χ3n) is 6.58. The average Bonchev–Trinajstić information content (AvgIpc) is 2.89. The lowest BCUT2D eigenvalue weighted by atomic mass is 10.1. The van der Waals surface area contributed by atoms with Crippen LogP contribution >= 0.6 is 0 Å². The normalized spacial score (nSPS) is 17.1. The van der Waals surface area contributed by atoms with E-state index in [2.05, 4.69) is 15.3 Å². The van der Waals surface area contributed by atoms with Crippen LogP contribution in [0.1, 0.15) is 25.7 Å². The molecule has 18 nitrogen and oxygen atoms in total. The van der Waals surface area contributed by atoms with Crippen LogP contribution < -0.4 is 5.32 Å². The first-order valence-electron chi connectivity index (χ1n) is 13.5. The Bertz CT molecular complexity index is 958. The highest BCUT2D eigenvalue weighted by Gasteiger charge is 2.28. The first-order valence-corrected chi connectivity index (χ1v) is 13.5. The Labute approximate surface area is 242 Å². The van der Waals surface area contributed by atoms with Crippen LogP contribution in [0.4, 0.5) is 0 Å². The van der Waals surface area contributed by atoms with E-state index in [0.29, 0.717) is 6.42 Å². The number of aliphatic carboxylic acids is 4. The Kier molecular flexibility index (Phi) is 17.3. The number of amides is 1. The SMILES string of the molecule is [N-]=[N+]=NCC(=O)CCCNC(=O)CCC(C(=O)O)N1CCN(CC(=O)O)CCN(CC(=O)O)CCN(CC(=O)O)CC1. The van der Waals surface area contributed by atoms with E-state index in [4.69, 9.17) is 5.53 Å². The molecule has 18 heteroatoms. The van der Waals surface area contributed by atoms with Crippen LogP contribution in [-0.4, -0.2) is 167 Å². The Hall–Kier alpha value is -3.83. The quantitative estimate of drug-likeness (QED) is 0.0549. The molecule has 0 bridgehead atoms. The molecule has 1 unspecified atom stereocenters. The molecule has 0 radical (unpaired) electrons. The molecule has 1 amide bonds. The minimum Gasteiger partial charge on any atom is -0.480 e. The molecule has 0 aromatic carbocycles. The summed E-state index contributed by atoms with van der Waals surface area (Å²) in [6, 6.07) is -1.12. The van der Waals surface area contributed by atoms with E-state index in [9.17, 15) is 49.2 Å². The number of carbonyl (C=O) groups excluding carboxylic acids is 2. The lowest BCUT2D eigenvalue weighted by Crippen LogP contribution is -2.52. The molecule has 1 heterocycles. The lowest BCUT2D eigenvalue weighted by molar-refractivity contribution is -0.145. The van der Waals surface area contributed by atoms with Gasteiger partial charge in [0.2, 0.25) is 5.91 Å². The van der Waals surface area contributed by atoms with Crippen molar-refractivity contribution in [3.63, 3.8) is 0 Å². The summed E-state index contributed by atoms with van der Waals surface area (Å²) in [5, 5.41) is 43.7. The number of carboxylic acids is 4. The van der Waals surface area contributed by atoms with Gasteiger partial charge in [0.15, 0.2) is 0 Å². The van der Waals surface area contributed by atoms with Gasteiger partial charge in [0, 0.05) is 76.7 Å². The zero-order valence-corrected chi connectivity index (χ0v) is 23.5. The molecular formula is C24H40N8O10. The highest BCUT2D eigenvalue weighted by molar-refractivity contribution is 5.81. The maximum absolute atomic E-state index is 12.4. The maximum atomic E-state index is 12.4. The molecule has 1 aliphatic rings. The number of Topliss-reactive ketones (excluding diaryl/α,β-unsaturated/α-hetero) is 1. The molecule has 0 aromatic rings. The molecule has 0 aromatic heterocycles. The average molecular weight is 601 g/mol. The zero-order valence-electron chi connectivity index (χ0n) is 23.5. The topological polar surface area (TPSA) is 257 Å². The first-order chi connectivity index (χ1) is 19.9. The largest absolute Gasteiger partial charge is 0.480 e. The second-order valence-corrected chi connectivity index (χ2v) is 9.82. The van der Waals surface area contributed by atoms with E-state index < -0.39 is 35.8 Å². The van der Waals surface area contributed by atoms with Gasteiger partial charge in [-0.1, -0.05) is 5.11 Å². The van der Waals surface area contributed by atoms with Gasteiger partial charge in [-0.25, -0.2) is 0 Å². The van der Waals surface area contributed by atoms with E-state index >= 15 is 0 Å². The molecule has 1 saturated heterocycles. The van der Waals surface area contributed by atoms with Crippen molar-refractivity contribution in [3.8, 4) is 0 Å². The molecule has 1 rings (SSSR count). The van der Waals surface area contributed by atoms with Crippen LogP contribution in [0.25, 0.3) is 10.4 Å². The minimum absolute atomic E-state index is 0.0682. The summed E-state index contributed by atoms with van der Waals surface area (Å²) >= 11 is 0. The molecule has 1 atom stereocenters. The predicted octanol–water partition coefficient (Wildman–Crippen LogP) is -1.53. The number of hydrogen-bond acceptors (Lipinski definition) is 11. The number of carboxylic acid groups (broad SMARTS) is 4. The number of ketones is 1.